The monoisotopic (exact) mass is 469 g/mol. The molecule has 0 aromatic heterocycles. The third kappa shape index (κ3) is 3.35. The number of piperidine rings is 1. The number of aliphatic hydroxyl groups is 1. The lowest BCUT2D eigenvalue weighted by atomic mass is 9.81. The van der Waals surface area contributed by atoms with E-state index in [1.807, 2.05) is 30.3 Å². The molecule has 3 unspecified atom stereocenters. The molecule has 0 bridgehead atoms. The van der Waals surface area contributed by atoms with Gasteiger partial charge in [0.05, 0.1) is 23.6 Å². The van der Waals surface area contributed by atoms with Crippen molar-refractivity contribution in [3.05, 3.63) is 71.1 Å². The maximum Gasteiger partial charge on any atom is 0.286 e. The number of ketones is 1. The Kier molecular flexibility index (Phi) is 5.15. The smallest absolute Gasteiger partial charge is 0.286 e. The van der Waals surface area contributed by atoms with E-state index in [2.05, 4.69) is 9.71 Å². The van der Waals surface area contributed by atoms with Crippen LogP contribution < -0.4 is 5.32 Å². The van der Waals surface area contributed by atoms with E-state index in [4.69, 9.17) is 0 Å². The molecule has 1 fully saturated rings. The van der Waals surface area contributed by atoms with Gasteiger partial charge in [-0.2, -0.15) is 8.42 Å². The number of hydrogen-bond donors (Lipinski definition) is 2. The molecule has 2 aromatic carbocycles. The number of thioether (sulfide) groups is 1. The van der Waals surface area contributed by atoms with Crippen LogP contribution in [-0.2, 0) is 26.2 Å². The third-order valence-electron chi connectivity index (χ3n) is 5.77. The first-order chi connectivity index (χ1) is 15.4. The standard InChI is InChI=1S/C22H19N3O5S2/c26-11-14-12-31-22-17(14)19(27)18(21(28)25(22)10-13-6-2-1-3-7-13)20-23-15-8-4-5-9-16(15)32(29,30)24-20/h1-9,12,17-18,22,26H,10-11H2,(H,23,24). The van der Waals surface area contributed by atoms with Crippen LogP contribution in [0.25, 0.3) is 0 Å². The van der Waals surface area contributed by atoms with Crippen molar-refractivity contribution in [3.8, 4) is 0 Å². The zero-order valence-corrected chi connectivity index (χ0v) is 18.3. The summed E-state index contributed by atoms with van der Waals surface area (Å²) in [6.45, 7) is -0.0676. The normalized spacial score (nSPS) is 26.0. The number of rotatable bonds is 4. The maximum atomic E-state index is 13.6. The lowest BCUT2D eigenvalue weighted by Gasteiger charge is -2.41. The molecule has 3 aliphatic heterocycles. The van der Waals surface area contributed by atoms with Crippen molar-refractivity contribution >= 4 is 45.0 Å². The predicted octanol–water partition coefficient (Wildman–Crippen LogP) is 1.99. The van der Waals surface area contributed by atoms with Crippen LogP contribution in [0.3, 0.4) is 0 Å². The van der Waals surface area contributed by atoms with Crippen molar-refractivity contribution < 1.29 is 23.1 Å². The first kappa shape index (κ1) is 20.9. The number of amidine groups is 1. The van der Waals surface area contributed by atoms with Crippen molar-refractivity contribution in [1.82, 2.24) is 4.90 Å². The zero-order chi connectivity index (χ0) is 22.5. The van der Waals surface area contributed by atoms with E-state index in [1.54, 1.807) is 28.5 Å². The van der Waals surface area contributed by atoms with E-state index < -0.39 is 38.9 Å². The lowest BCUT2D eigenvalue weighted by molar-refractivity contribution is -0.146. The number of nitrogens with zero attached hydrogens (tertiary/aromatic N) is 2. The number of sulfonamides is 1. The lowest BCUT2D eigenvalue weighted by Crippen LogP contribution is -2.58. The molecule has 0 aliphatic carbocycles. The number of likely N-dealkylation sites (tertiary alicyclic amines) is 1. The second-order valence-corrected chi connectivity index (χ2v) is 10.3. The number of aliphatic hydroxyl groups excluding tert-OH is 1. The fourth-order valence-electron chi connectivity index (χ4n) is 4.26. The highest BCUT2D eigenvalue weighted by molar-refractivity contribution is 8.03. The summed E-state index contributed by atoms with van der Waals surface area (Å²) < 4.78 is 29.3. The van der Waals surface area contributed by atoms with Gasteiger partial charge in [-0.05, 0) is 28.7 Å². The first-order valence-electron chi connectivity index (χ1n) is 9.95. The Hall–Kier alpha value is -2.95. The van der Waals surface area contributed by atoms with Crippen LogP contribution in [0.5, 0.6) is 0 Å². The van der Waals surface area contributed by atoms with Gasteiger partial charge in [0.2, 0.25) is 5.91 Å². The van der Waals surface area contributed by atoms with Gasteiger partial charge in [-0.25, -0.2) is 0 Å². The van der Waals surface area contributed by atoms with Crippen LogP contribution in [0.1, 0.15) is 5.56 Å². The molecular weight excluding hydrogens is 450 g/mol. The topological polar surface area (TPSA) is 116 Å². The average molecular weight is 470 g/mol. The van der Waals surface area contributed by atoms with Crippen LogP contribution in [0.4, 0.5) is 5.69 Å². The highest BCUT2D eigenvalue weighted by Gasteiger charge is 2.53. The van der Waals surface area contributed by atoms with E-state index in [-0.39, 0.29) is 29.6 Å². The summed E-state index contributed by atoms with van der Waals surface area (Å²) in [5.74, 6) is -3.32. The molecule has 164 valence electrons. The van der Waals surface area contributed by atoms with Gasteiger partial charge < -0.3 is 15.3 Å². The number of amides is 1. The Labute approximate surface area is 189 Å². The first-order valence-corrected chi connectivity index (χ1v) is 12.3. The van der Waals surface area contributed by atoms with Gasteiger partial charge >= 0.3 is 0 Å². The second-order valence-electron chi connectivity index (χ2n) is 7.72. The number of fused-ring (bicyclic) bond motifs is 2. The molecule has 0 radical (unpaired) electrons. The number of Topliss-reactive ketones (excluding diaryl/α,β-unsaturated/α-hetero) is 1. The number of carbonyl (C=O) groups is 2. The van der Waals surface area contributed by atoms with Gasteiger partial charge in [0.1, 0.15) is 10.7 Å². The number of carbonyl (C=O) groups excluding carboxylic acids is 2. The predicted molar refractivity (Wildman–Crippen MR) is 120 cm³/mol. The molecular formula is C22H19N3O5S2. The zero-order valence-electron chi connectivity index (χ0n) is 16.7. The molecule has 2 aromatic rings. The van der Waals surface area contributed by atoms with Gasteiger partial charge in [-0.3, -0.25) is 9.59 Å². The highest BCUT2D eigenvalue weighted by Crippen LogP contribution is 2.44. The fourth-order valence-corrected chi connectivity index (χ4v) is 6.74. The number of anilines is 1. The molecule has 2 N–H and O–H groups in total. The molecule has 1 saturated heterocycles. The number of hydrogen-bond acceptors (Lipinski definition) is 7. The van der Waals surface area contributed by atoms with Gasteiger partial charge in [-0.1, -0.05) is 42.5 Å². The van der Waals surface area contributed by atoms with Crippen molar-refractivity contribution in [2.75, 3.05) is 11.9 Å². The van der Waals surface area contributed by atoms with E-state index in [1.165, 1.54) is 17.8 Å². The minimum Gasteiger partial charge on any atom is -0.392 e. The Morgan fingerprint density at radius 1 is 1.06 bits per heavy atom. The molecule has 3 heterocycles. The van der Waals surface area contributed by atoms with Crippen molar-refractivity contribution in [3.63, 3.8) is 0 Å². The van der Waals surface area contributed by atoms with Gasteiger partial charge in [0.15, 0.2) is 11.7 Å². The number of benzene rings is 2. The number of nitrogens with one attached hydrogen (secondary N) is 1. The van der Waals surface area contributed by atoms with Crippen LogP contribution in [0.15, 0.2) is 74.9 Å². The quantitative estimate of drug-likeness (QED) is 0.658. The SMILES string of the molecule is O=C1C(C2=NS(=O)(=O)c3ccccc3N2)C(=O)N(Cc2ccccc2)C2SC=C(CO)C12. The molecule has 5 rings (SSSR count). The summed E-state index contributed by atoms with van der Waals surface area (Å²) in [6, 6.07) is 15.6. The second kappa shape index (κ2) is 7.88. The summed E-state index contributed by atoms with van der Waals surface area (Å²) >= 11 is 1.31. The van der Waals surface area contributed by atoms with Gasteiger partial charge in [0.25, 0.3) is 10.0 Å². The molecule has 0 saturated carbocycles. The Balaban J connectivity index is 1.57. The molecule has 8 nitrogen and oxygen atoms in total. The van der Waals surface area contributed by atoms with Crippen LogP contribution in [0, 0.1) is 11.8 Å². The molecule has 32 heavy (non-hydrogen) atoms. The van der Waals surface area contributed by atoms with Gasteiger partial charge in [0, 0.05) is 6.54 Å². The summed E-state index contributed by atoms with van der Waals surface area (Å²) in [6.07, 6.45) is 0. The maximum absolute atomic E-state index is 13.6. The van der Waals surface area contributed by atoms with E-state index in [9.17, 15) is 23.1 Å². The largest absolute Gasteiger partial charge is 0.392 e. The summed E-state index contributed by atoms with van der Waals surface area (Å²) in [7, 11) is -4.07. The van der Waals surface area contributed by atoms with Crippen LogP contribution in [-0.4, -0.2) is 47.9 Å². The van der Waals surface area contributed by atoms with Crippen molar-refractivity contribution in [2.45, 2.75) is 16.8 Å². The molecule has 3 atom stereocenters. The summed E-state index contributed by atoms with van der Waals surface area (Å²) in [4.78, 5) is 28.6. The fraction of sp³-hybridized carbons (Fsp3) is 0.227. The minimum absolute atomic E-state index is 0.00848. The molecule has 10 heteroatoms. The summed E-state index contributed by atoms with van der Waals surface area (Å²) in [5, 5.41) is 13.9. The Morgan fingerprint density at radius 3 is 2.53 bits per heavy atom. The third-order valence-corrected chi connectivity index (χ3v) is 8.36. The molecule has 1 amide bonds. The minimum atomic E-state index is -4.07. The van der Waals surface area contributed by atoms with Crippen molar-refractivity contribution in [2.24, 2.45) is 16.2 Å². The van der Waals surface area contributed by atoms with E-state index in [0.29, 0.717) is 5.57 Å². The van der Waals surface area contributed by atoms with E-state index in [0.717, 1.165) is 5.56 Å². The average Bonchev–Trinajstić information content (AvgIpc) is 3.21. The molecule has 3 aliphatic rings. The summed E-state index contributed by atoms with van der Waals surface area (Å²) in [5.41, 5.74) is 1.66. The van der Waals surface area contributed by atoms with E-state index >= 15 is 0 Å². The number of para-hydroxylation sites is 1. The van der Waals surface area contributed by atoms with Crippen molar-refractivity contribution in [1.29, 1.82) is 0 Å². The Morgan fingerprint density at radius 2 is 1.78 bits per heavy atom. The highest BCUT2D eigenvalue weighted by atomic mass is 32.2. The van der Waals surface area contributed by atoms with Crippen LogP contribution >= 0.6 is 11.8 Å². The molecule has 0 spiro atoms. The van der Waals surface area contributed by atoms with Crippen LogP contribution in [0.2, 0.25) is 0 Å². The Bertz CT molecular complexity index is 1270. The van der Waals surface area contributed by atoms with Gasteiger partial charge in [-0.15, -0.1) is 16.2 Å².